The van der Waals surface area contributed by atoms with Gasteiger partial charge in [-0.15, -0.1) is 0 Å². The summed E-state index contributed by atoms with van der Waals surface area (Å²) in [6, 6.07) is 9.75. The number of aryl methyl sites for hydroxylation is 1. The monoisotopic (exact) mass is 619 g/mol. The van der Waals surface area contributed by atoms with Crippen LogP contribution in [0.5, 0.6) is 5.75 Å². The number of nitrogens with one attached hydrogen (secondary N) is 1. The molecule has 0 saturated heterocycles. The Morgan fingerprint density at radius 1 is 1.07 bits per heavy atom. The molecule has 0 bridgehead atoms. The van der Waals surface area contributed by atoms with E-state index in [0.29, 0.717) is 81.3 Å². The number of carboxylic acids is 1. The molecule has 0 aliphatic heterocycles. The molecule has 4 N–H and O–H groups in total. The Balaban J connectivity index is 0.000000609. The molecular weight excluding hydrogens is 582 g/mol. The molecule has 3 rings (SSSR count). The maximum atomic E-state index is 12.8. The third-order valence-corrected chi connectivity index (χ3v) is 6.15. The summed E-state index contributed by atoms with van der Waals surface area (Å²) < 4.78 is 23.1. The average molecular weight is 620 g/mol. The predicted molar refractivity (Wildman–Crippen MR) is 161 cm³/mol. The molecule has 0 spiro atoms. The van der Waals surface area contributed by atoms with Crippen LogP contribution in [0.4, 0.5) is 0 Å². The summed E-state index contributed by atoms with van der Waals surface area (Å²) in [6.45, 7) is 3.39. The van der Waals surface area contributed by atoms with Gasteiger partial charge < -0.3 is 35.1 Å². The molecule has 0 aliphatic carbocycles. The topological polar surface area (TPSA) is 177 Å². The normalized spacial score (nSPS) is 11.3. The minimum atomic E-state index is -0.921. The lowest BCUT2D eigenvalue weighted by Crippen LogP contribution is -2.35. The standard InChI is InChI=1S/C23H34N4O7.C6H4ClNO/c1-25-19(23(29)30)15-17-3-5-18(6-4-17)21-20(16-26-27(2)22(21)28)34-14-13-33-12-11-32-10-9-31-8-7-24;7-6-5(4-9)2-1-3-8-6/h3-6,16,19,25H,7-15,24H2,1-2H3,(H,29,30);1-4H. The maximum absolute atomic E-state index is 12.8. The zero-order chi connectivity index (χ0) is 31.5. The number of benzene rings is 1. The first kappa shape index (κ1) is 35.5. The van der Waals surface area contributed by atoms with Crippen molar-refractivity contribution in [2.45, 2.75) is 12.5 Å². The van der Waals surface area contributed by atoms with E-state index in [1.807, 2.05) is 0 Å². The first-order valence-electron chi connectivity index (χ1n) is 13.5. The molecule has 2 aromatic heterocycles. The molecule has 1 unspecified atom stereocenters. The zero-order valence-corrected chi connectivity index (χ0v) is 25.0. The first-order valence-corrected chi connectivity index (χ1v) is 13.9. The molecule has 0 amide bonds. The quantitative estimate of drug-likeness (QED) is 0.107. The molecule has 3 aromatic rings. The van der Waals surface area contributed by atoms with Gasteiger partial charge in [0.1, 0.15) is 17.8 Å². The van der Waals surface area contributed by atoms with Gasteiger partial charge in [0, 0.05) is 19.8 Å². The van der Waals surface area contributed by atoms with E-state index < -0.39 is 12.0 Å². The van der Waals surface area contributed by atoms with E-state index in [2.05, 4.69) is 15.4 Å². The number of carboxylic acid groups (broad SMARTS) is 1. The summed E-state index contributed by atoms with van der Waals surface area (Å²) in [5.41, 5.74) is 7.34. The van der Waals surface area contributed by atoms with E-state index in [9.17, 15) is 19.5 Å². The zero-order valence-electron chi connectivity index (χ0n) is 24.2. The number of aliphatic carboxylic acids is 1. The van der Waals surface area contributed by atoms with E-state index in [0.717, 1.165) is 5.56 Å². The number of rotatable bonds is 18. The van der Waals surface area contributed by atoms with E-state index in [1.165, 1.54) is 17.1 Å². The fourth-order valence-electron chi connectivity index (χ4n) is 3.58. The molecule has 1 aromatic carbocycles. The predicted octanol–water partition coefficient (Wildman–Crippen LogP) is 1.60. The number of nitrogens with zero attached hydrogens (tertiary/aromatic N) is 3. The molecule has 234 valence electrons. The van der Waals surface area contributed by atoms with Gasteiger partial charge in [0.05, 0.1) is 57.0 Å². The molecule has 13 nitrogen and oxygen atoms in total. The van der Waals surface area contributed by atoms with Crippen molar-refractivity contribution in [3.05, 3.63) is 75.4 Å². The van der Waals surface area contributed by atoms with Crippen molar-refractivity contribution >= 4 is 23.9 Å². The summed E-state index contributed by atoms with van der Waals surface area (Å²) in [5.74, 6) is -0.568. The van der Waals surface area contributed by atoms with E-state index in [-0.39, 0.29) is 17.3 Å². The van der Waals surface area contributed by atoms with Gasteiger partial charge in [-0.2, -0.15) is 5.10 Å². The smallest absolute Gasteiger partial charge is 0.321 e. The number of aldehydes is 1. The molecule has 2 heterocycles. The highest BCUT2D eigenvalue weighted by molar-refractivity contribution is 6.31. The number of ether oxygens (including phenoxy) is 4. The molecule has 0 fully saturated rings. The Morgan fingerprint density at radius 3 is 2.23 bits per heavy atom. The van der Waals surface area contributed by atoms with Gasteiger partial charge >= 0.3 is 5.97 Å². The van der Waals surface area contributed by atoms with E-state index in [1.54, 1.807) is 50.5 Å². The number of halogens is 1. The summed E-state index contributed by atoms with van der Waals surface area (Å²) in [5, 5.41) is 16.3. The summed E-state index contributed by atoms with van der Waals surface area (Å²) in [7, 11) is 3.17. The SMILES string of the molecule is CNC(Cc1ccc(-c2c(OCCOCCOCCOCCN)cnn(C)c2=O)cc1)C(=O)O.O=Cc1cccnc1Cl. The molecule has 43 heavy (non-hydrogen) atoms. The van der Waals surface area contributed by atoms with Crippen molar-refractivity contribution in [2.75, 3.05) is 59.8 Å². The second-order valence-electron chi connectivity index (χ2n) is 8.87. The highest BCUT2D eigenvalue weighted by Gasteiger charge is 2.17. The number of pyridine rings is 1. The van der Waals surface area contributed by atoms with Crippen LogP contribution in [0, 0.1) is 0 Å². The van der Waals surface area contributed by atoms with Gasteiger partial charge in [0.15, 0.2) is 12.0 Å². The van der Waals surface area contributed by atoms with Crippen LogP contribution in [0.1, 0.15) is 15.9 Å². The lowest BCUT2D eigenvalue weighted by atomic mass is 10.0. The Labute approximate surface area is 254 Å². The van der Waals surface area contributed by atoms with Crippen LogP contribution in [-0.2, 0) is 32.5 Å². The second-order valence-corrected chi connectivity index (χ2v) is 9.23. The minimum absolute atomic E-state index is 0.238. The van der Waals surface area contributed by atoms with Crippen molar-refractivity contribution in [3.8, 4) is 16.9 Å². The second kappa shape index (κ2) is 20.2. The van der Waals surface area contributed by atoms with E-state index in [4.69, 9.17) is 36.3 Å². The van der Waals surface area contributed by atoms with Crippen molar-refractivity contribution in [1.82, 2.24) is 20.1 Å². The molecule has 0 radical (unpaired) electrons. The average Bonchev–Trinajstić information content (AvgIpc) is 3.01. The number of nitrogens with two attached hydrogens (primary N) is 1. The minimum Gasteiger partial charge on any atom is -0.489 e. The van der Waals surface area contributed by atoms with Crippen LogP contribution in [0.2, 0.25) is 5.15 Å². The van der Waals surface area contributed by atoms with Crippen molar-refractivity contribution < 1.29 is 33.6 Å². The molecule has 0 aliphatic rings. The number of carbonyl (C=O) groups is 2. The van der Waals surface area contributed by atoms with Crippen LogP contribution < -0.4 is 21.3 Å². The fourth-order valence-corrected chi connectivity index (χ4v) is 3.74. The molecule has 1 atom stereocenters. The van der Waals surface area contributed by atoms with Gasteiger partial charge in [0.2, 0.25) is 0 Å². The Bertz CT molecular complexity index is 1320. The Kier molecular flexibility index (Phi) is 16.7. The number of carbonyl (C=O) groups excluding carboxylic acids is 1. The van der Waals surface area contributed by atoms with Gasteiger partial charge in [-0.25, -0.2) is 9.67 Å². The lowest BCUT2D eigenvalue weighted by Gasteiger charge is -2.14. The van der Waals surface area contributed by atoms with Crippen LogP contribution in [0.15, 0.2) is 53.6 Å². The van der Waals surface area contributed by atoms with Crippen LogP contribution in [0.25, 0.3) is 11.1 Å². The summed E-state index contributed by atoms with van der Waals surface area (Å²) in [6.07, 6.45) is 4.03. The summed E-state index contributed by atoms with van der Waals surface area (Å²) >= 11 is 5.48. The summed E-state index contributed by atoms with van der Waals surface area (Å²) in [4.78, 5) is 37.8. The number of aromatic nitrogens is 3. The lowest BCUT2D eigenvalue weighted by molar-refractivity contribution is -0.139. The third-order valence-electron chi connectivity index (χ3n) is 5.84. The molecular formula is C29H38ClN5O8. The van der Waals surface area contributed by atoms with Gasteiger partial charge in [-0.05, 0) is 36.7 Å². The Morgan fingerprint density at radius 2 is 1.70 bits per heavy atom. The highest BCUT2D eigenvalue weighted by atomic mass is 35.5. The first-order chi connectivity index (χ1) is 20.8. The number of hydrogen-bond donors (Lipinski definition) is 3. The van der Waals surface area contributed by atoms with Gasteiger partial charge in [-0.3, -0.25) is 14.4 Å². The fraction of sp³-hybridized carbons (Fsp3) is 0.414. The number of hydrogen-bond acceptors (Lipinski definition) is 11. The largest absolute Gasteiger partial charge is 0.489 e. The van der Waals surface area contributed by atoms with Crippen LogP contribution in [0.3, 0.4) is 0 Å². The Hall–Kier alpha value is -3.72. The van der Waals surface area contributed by atoms with Crippen LogP contribution in [-0.4, -0.2) is 98.0 Å². The van der Waals surface area contributed by atoms with Crippen molar-refractivity contribution in [3.63, 3.8) is 0 Å². The van der Waals surface area contributed by atoms with E-state index >= 15 is 0 Å². The third kappa shape index (κ3) is 12.6. The van der Waals surface area contributed by atoms with Gasteiger partial charge in [-0.1, -0.05) is 35.9 Å². The number of likely N-dealkylation sites (N-methyl/N-ethyl adjacent to an activating group) is 1. The molecule has 0 saturated carbocycles. The highest BCUT2D eigenvalue weighted by Crippen LogP contribution is 2.26. The van der Waals surface area contributed by atoms with Crippen molar-refractivity contribution in [2.24, 2.45) is 12.8 Å². The van der Waals surface area contributed by atoms with Gasteiger partial charge in [0.25, 0.3) is 5.56 Å². The van der Waals surface area contributed by atoms with Crippen molar-refractivity contribution in [1.29, 1.82) is 0 Å². The molecule has 14 heteroatoms. The maximum Gasteiger partial charge on any atom is 0.321 e. The van der Waals surface area contributed by atoms with Crippen LogP contribution >= 0.6 is 11.6 Å².